The lowest BCUT2D eigenvalue weighted by atomic mass is 10.0. The third-order valence-corrected chi connectivity index (χ3v) is 7.63. The summed E-state index contributed by atoms with van der Waals surface area (Å²) in [5.41, 5.74) is 3.91. The smallest absolute Gasteiger partial charge is 0.338 e. The molecule has 2 aliphatic heterocycles. The van der Waals surface area contributed by atoms with Gasteiger partial charge in [-0.15, -0.1) is 0 Å². The van der Waals surface area contributed by atoms with Crippen molar-refractivity contribution in [3.8, 4) is 11.1 Å². The topological polar surface area (TPSA) is 79.3 Å². The second-order valence-corrected chi connectivity index (χ2v) is 10.1. The number of likely N-dealkylation sites (tertiary alicyclic amines) is 2. The van der Waals surface area contributed by atoms with E-state index in [4.69, 9.17) is 9.47 Å². The molecule has 36 heavy (non-hydrogen) atoms. The monoisotopic (exact) mass is 492 g/mol. The largest absolute Gasteiger partial charge is 0.461 e. The van der Waals surface area contributed by atoms with Crippen LogP contribution < -0.4 is 0 Å². The minimum Gasteiger partial charge on any atom is -0.461 e. The van der Waals surface area contributed by atoms with Crippen molar-refractivity contribution in [1.82, 2.24) is 9.80 Å². The Morgan fingerprint density at radius 3 is 1.53 bits per heavy atom. The number of hydrogen-bond acceptors (Lipinski definition) is 7. The second kappa shape index (κ2) is 11.5. The fourth-order valence-corrected chi connectivity index (χ4v) is 5.56. The molecule has 0 atom stereocenters. The second-order valence-electron chi connectivity index (χ2n) is 10.1. The van der Waals surface area contributed by atoms with Crippen molar-refractivity contribution in [1.29, 1.82) is 0 Å². The number of aliphatic hydroxyl groups is 1. The number of carbonyl (C=O) groups excluding carboxylic acids is 2. The van der Waals surface area contributed by atoms with Crippen molar-refractivity contribution < 1.29 is 24.2 Å². The molecule has 5 rings (SSSR count). The van der Waals surface area contributed by atoms with E-state index >= 15 is 0 Å². The van der Waals surface area contributed by atoms with E-state index in [-0.39, 0.29) is 11.9 Å². The minimum atomic E-state index is -0.905. The van der Waals surface area contributed by atoms with E-state index in [1.54, 1.807) is 24.3 Å². The van der Waals surface area contributed by atoms with Crippen LogP contribution >= 0.6 is 0 Å². The number of fused-ring (bicyclic) bond motifs is 3. The molecule has 0 radical (unpaired) electrons. The van der Waals surface area contributed by atoms with Gasteiger partial charge in [0, 0.05) is 13.1 Å². The maximum absolute atomic E-state index is 12.6. The summed E-state index contributed by atoms with van der Waals surface area (Å²) in [6.07, 6.45) is 6.46. The van der Waals surface area contributed by atoms with Crippen molar-refractivity contribution in [2.45, 2.75) is 44.6 Å². The average Bonchev–Trinajstić information content (AvgIpc) is 3.20. The Bertz CT molecular complexity index is 1000. The fourth-order valence-electron chi connectivity index (χ4n) is 5.56. The Morgan fingerprint density at radius 2 is 1.11 bits per heavy atom. The molecular weight excluding hydrogens is 456 g/mol. The summed E-state index contributed by atoms with van der Waals surface area (Å²) < 4.78 is 11.0. The highest BCUT2D eigenvalue weighted by Crippen LogP contribution is 2.44. The molecule has 0 unspecified atom stereocenters. The quantitative estimate of drug-likeness (QED) is 0.557. The van der Waals surface area contributed by atoms with Gasteiger partial charge in [-0.05, 0) is 98.4 Å². The van der Waals surface area contributed by atoms with Gasteiger partial charge in [0.05, 0.1) is 11.1 Å². The predicted octanol–water partition coefficient (Wildman–Crippen LogP) is 4.03. The summed E-state index contributed by atoms with van der Waals surface area (Å²) in [6, 6.07) is 10.6. The SMILES string of the molecule is O=C(OCCN1CCCCC1)c1ccc2c(c1)C(O)c1cc(C(=O)OCCN3CCCCC3)ccc1-2. The minimum absolute atomic E-state index is 0.363. The molecule has 0 saturated carbocycles. The van der Waals surface area contributed by atoms with Gasteiger partial charge in [-0.25, -0.2) is 9.59 Å². The van der Waals surface area contributed by atoms with Gasteiger partial charge in [0.2, 0.25) is 0 Å². The van der Waals surface area contributed by atoms with E-state index in [0.717, 1.165) is 50.4 Å². The molecule has 0 spiro atoms. The highest BCUT2D eigenvalue weighted by atomic mass is 16.5. The number of ether oxygens (including phenoxy) is 2. The molecule has 3 aliphatic rings. The van der Waals surface area contributed by atoms with Crippen LogP contribution in [0.1, 0.15) is 76.5 Å². The third kappa shape index (κ3) is 5.64. The number of esters is 2. The zero-order valence-corrected chi connectivity index (χ0v) is 20.9. The number of aliphatic hydroxyl groups excluding tert-OH is 1. The molecule has 1 aliphatic carbocycles. The Hall–Kier alpha value is -2.74. The number of carbonyl (C=O) groups is 2. The molecular formula is C29H36N2O5. The van der Waals surface area contributed by atoms with Crippen molar-refractivity contribution in [2.24, 2.45) is 0 Å². The molecule has 0 amide bonds. The van der Waals surface area contributed by atoms with Crippen LogP contribution in [0.3, 0.4) is 0 Å². The van der Waals surface area contributed by atoms with Gasteiger partial charge in [0.25, 0.3) is 0 Å². The van der Waals surface area contributed by atoms with Crippen molar-refractivity contribution in [3.63, 3.8) is 0 Å². The fraction of sp³-hybridized carbons (Fsp3) is 0.517. The third-order valence-electron chi connectivity index (χ3n) is 7.63. The van der Waals surface area contributed by atoms with Gasteiger partial charge >= 0.3 is 11.9 Å². The Balaban J connectivity index is 1.19. The van der Waals surface area contributed by atoms with Crippen LogP contribution in [0, 0.1) is 0 Å². The lowest BCUT2D eigenvalue weighted by Crippen LogP contribution is -2.33. The first-order valence-electron chi connectivity index (χ1n) is 13.4. The molecule has 0 aromatic heterocycles. The van der Waals surface area contributed by atoms with E-state index in [0.29, 0.717) is 35.5 Å². The summed E-state index contributed by atoms with van der Waals surface area (Å²) in [4.78, 5) is 29.9. The first-order chi connectivity index (χ1) is 17.6. The van der Waals surface area contributed by atoms with Crippen molar-refractivity contribution in [3.05, 3.63) is 58.7 Å². The molecule has 7 heteroatoms. The van der Waals surface area contributed by atoms with Crippen LogP contribution in [0.25, 0.3) is 11.1 Å². The summed E-state index contributed by atoms with van der Waals surface area (Å²) in [5.74, 6) is -0.758. The maximum atomic E-state index is 12.6. The molecule has 1 N–H and O–H groups in total. The van der Waals surface area contributed by atoms with Gasteiger partial charge in [-0.1, -0.05) is 25.0 Å². The van der Waals surface area contributed by atoms with Crippen LogP contribution in [-0.4, -0.2) is 79.3 Å². The molecule has 2 saturated heterocycles. The lowest BCUT2D eigenvalue weighted by molar-refractivity contribution is 0.0443. The van der Waals surface area contributed by atoms with E-state index in [1.165, 1.54) is 38.5 Å². The molecule has 2 fully saturated rings. The van der Waals surface area contributed by atoms with Crippen LogP contribution in [-0.2, 0) is 9.47 Å². The van der Waals surface area contributed by atoms with Crippen LogP contribution in [0.4, 0.5) is 0 Å². The molecule has 7 nitrogen and oxygen atoms in total. The molecule has 192 valence electrons. The molecule has 2 heterocycles. The van der Waals surface area contributed by atoms with Crippen molar-refractivity contribution in [2.75, 3.05) is 52.5 Å². The summed E-state index contributed by atoms with van der Waals surface area (Å²) in [6.45, 7) is 6.49. The highest BCUT2D eigenvalue weighted by Gasteiger charge is 2.29. The van der Waals surface area contributed by atoms with E-state index in [9.17, 15) is 14.7 Å². The maximum Gasteiger partial charge on any atom is 0.338 e. The Labute approximate surface area is 213 Å². The zero-order valence-electron chi connectivity index (χ0n) is 20.9. The Morgan fingerprint density at radius 1 is 0.694 bits per heavy atom. The molecule has 0 bridgehead atoms. The molecule has 2 aromatic carbocycles. The number of nitrogens with zero attached hydrogens (tertiary/aromatic N) is 2. The number of hydrogen-bond donors (Lipinski definition) is 1. The zero-order chi connectivity index (χ0) is 24.9. The van der Waals surface area contributed by atoms with Gasteiger partial charge in [-0.3, -0.25) is 9.80 Å². The number of benzene rings is 2. The first-order valence-corrected chi connectivity index (χ1v) is 13.4. The van der Waals surface area contributed by atoms with Gasteiger partial charge < -0.3 is 14.6 Å². The normalized spacial score (nSPS) is 18.5. The van der Waals surface area contributed by atoms with Crippen LogP contribution in [0.5, 0.6) is 0 Å². The summed E-state index contributed by atoms with van der Waals surface area (Å²) >= 11 is 0. The lowest BCUT2D eigenvalue weighted by Gasteiger charge is -2.25. The highest BCUT2D eigenvalue weighted by molar-refractivity contribution is 5.94. The number of piperidine rings is 2. The van der Waals surface area contributed by atoms with Crippen LogP contribution in [0.15, 0.2) is 36.4 Å². The average molecular weight is 493 g/mol. The first kappa shape index (κ1) is 24.9. The van der Waals surface area contributed by atoms with E-state index in [2.05, 4.69) is 9.80 Å². The Kier molecular flexibility index (Phi) is 7.99. The van der Waals surface area contributed by atoms with Gasteiger partial charge in [0.1, 0.15) is 19.3 Å². The molecule has 2 aromatic rings. The van der Waals surface area contributed by atoms with Gasteiger partial charge in [0.15, 0.2) is 0 Å². The van der Waals surface area contributed by atoms with Crippen LogP contribution in [0.2, 0.25) is 0 Å². The predicted molar refractivity (Wildman–Crippen MR) is 137 cm³/mol. The van der Waals surface area contributed by atoms with E-state index < -0.39 is 6.10 Å². The summed E-state index contributed by atoms with van der Waals surface area (Å²) in [5, 5.41) is 11.0. The van der Waals surface area contributed by atoms with Crippen molar-refractivity contribution >= 4 is 11.9 Å². The summed E-state index contributed by atoms with van der Waals surface area (Å²) in [7, 11) is 0. The number of rotatable bonds is 8. The van der Waals surface area contributed by atoms with Gasteiger partial charge in [-0.2, -0.15) is 0 Å². The van der Waals surface area contributed by atoms with E-state index in [1.807, 2.05) is 12.1 Å². The standard InChI is InChI=1S/C29H36N2O5/c32-27-25-19-21(28(33)35-17-15-30-11-3-1-4-12-30)7-9-23(25)24-10-8-22(20-26(24)27)29(34)36-18-16-31-13-5-2-6-14-31/h7-10,19-20,27,32H,1-6,11-18H2.